The second-order valence-corrected chi connectivity index (χ2v) is 5.95. The lowest BCUT2D eigenvalue weighted by Crippen LogP contribution is -2.41. The number of aromatic amines is 1. The third-order valence-electron chi connectivity index (χ3n) is 3.78. The SMILES string of the molecule is COc1ccc(/C=C/C(=O)NC(C)C(=O)Nc2cc(C(F)(F)F)c[nH]c2=O)cc1. The van der Waals surface area contributed by atoms with Crippen LogP contribution in [-0.2, 0) is 15.8 Å². The van der Waals surface area contributed by atoms with Crippen LogP contribution in [0.2, 0.25) is 0 Å². The number of rotatable bonds is 6. The molecule has 0 aliphatic rings. The predicted octanol–water partition coefficient (Wildman–Crippen LogP) is 2.56. The van der Waals surface area contributed by atoms with Gasteiger partial charge in [-0.25, -0.2) is 0 Å². The Morgan fingerprint density at radius 2 is 1.86 bits per heavy atom. The molecule has 2 aromatic rings. The summed E-state index contributed by atoms with van der Waals surface area (Å²) in [6.45, 7) is 1.33. The molecular weight excluding hydrogens is 391 g/mol. The molecule has 1 aromatic carbocycles. The molecule has 0 fully saturated rings. The van der Waals surface area contributed by atoms with E-state index in [-0.39, 0.29) is 0 Å². The number of carbonyl (C=O) groups is 2. The van der Waals surface area contributed by atoms with Gasteiger partial charge >= 0.3 is 6.18 Å². The topological polar surface area (TPSA) is 100 Å². The van der Waals surface area contributed by atoms with E-state index < -0.39 is 40.8 Å². The minimum absolute atomic E-state index is 0.507. The molecule has 1 heterocycles. The molecule has 1 aromatic heterocycles. The maximum atomic E-state index is 12.7. The second kappa shape index (κ2) is 9.09. The summed E-state index contributed by atoms with van der Waals surface area (Å²) in [5.74, 6) is -0.788. The summed E-state index contributed by atoms with van der Waals surface area (Å²) in [7, 11) is 1.53. The lowest BCUT2D eigenvalue weighted by atomic mass is 10.2. The summed E-state index contributed by atoms with van der Waals surface area (Å²) >= 11 is 0. The first-order valence-electron chi connectivity index (χ1n) is 8.33. The normalized spacial score (nSPS) is 12.4. The summed E-state index contributed by atoms with van der Waals surface area (Å²) < 4.78 is 43.2. The third-order valence-corrected chi connectivity index (χ3v) is 3.78. The number of benzene rings is 1. The number of pyridine rings is 1. The predicted molar refractivity (Wildman–Crippen MR) is 100 cm³/mol. The Hall–Kier alpha value is -3.56. The molecule has 3 N–H and O–H groups in total. The molecule has 29 heavy (non-hydrogen) atoms. The Bertz CT molecular complexity index is 966. The molecule has 154 valence electrons. The summed E-state index contributed by atoms with van der Waals surface area (Å²) in [6, 6.07) is 6.28. The fourth-order valence-corrected chi connectivity index (χ4v) is 2.20. The number of aromatic nitrogens is 1. The molecule has 1 atom stereocenters. The van der Waals surface area contributed by atoms with Gasteiger partial charge in [0.15, 0.2) is 0 Å². The van der Waals surface area contributed by atoms with Crippen LogP contribution in [0.25, 0.3) is 6.08 Å². The first-order valence-corrected chi connectivity index (χ1v) is 8.33. The van der Waals surface area contributed by atoms with Gasteiger partial charge in [-0.2, -0.15) is 13.2 Å². The van der Waals surface area contributed by atoms with Crippen molar-refractivity contribution in [2.75, 3.05) is 12.4 Å². The number of halogens is 3. The van der Waals surface area contributed by atoms with E-state index in [4.69, 9.17) is 4.74 Å². The molecule has 0 aliphatic heterocycles. The van der Waals surface area contributed by atoms with Crippen molar-refractivity contribution in [2.45, 2.75) is 19.1 Å². The van der Waals surface area contributed by atoms with E-state index >= 15 is 0 Å². The van der Waals surface area contributed by atoms with E-state index in [9.17, 15) is 27.6 Å². The van der Waals surface area contributed by atoms with Gasteiger partial charge in [0.2, 0.25) is 11.8 Å². The lowest BCUT2D eigenvalue weighted by Gasteiger charge is -2.13. The number of methoxy groups -OCH3 is 1. The first kappa shape index (κ1) is 21.7. The van der Waals surface area contributed by atoms with Crippen LogP contribution >= 0.6 is 0 Å². The van der Waals surface area contributed by atoms with Gasteiger partial charge in [-0.05, 0) is 36.8 Å². The zero-order valence-electron chi connectivity index (χ0n) is 15.5. The molecular formula is C19H18F3N3O4. The first-order chi connectivity index (χ1) is 13.6. The number of ether oxygens (including phenoxy) is 1. The van der Waals surface area contributed by atoms with E-state index in [0.29, 0.717) is 23.6 Å². The van der Waals surface area contributed by atoms with Gasteiger partial charge in [0.05, 0.1) is 12.7 Å². The minimum Gasteiger partial charge on any atom is -0.497 e. The summed E-state index contributed by atoms with van der Waals surface area (Å²) in [5, 5.41) is 4.44. The van der Waals surface area contributed by atoms with Crippen LogP contribution in [-0.4, -0.2) is 29.9 Å². The van der Waals surface area contributed by atoms with Gasteiger partial charge in [-0.15, -0.1) is 0 Å². The molecule has 0 saturated carbocycles. The Kier molecular flexibility index (Phi) is 6.81. The zero-order chi connectivity index (χ0) is 21.6. The average molecular weight is 409 g/mol. The van der Waals surface area contributed by atoms with Crippen molar-refractivity contribution < 1.29 is 27.5 Å². The van der Waals surface area contributed by atoms with Crippen LogP contribution in [0.5, 0.6) is 5.75 Å². The second-order valence-electron chi connectivity index (χ2n) is 5.95. The van der Waals surface area contributed by atoms with Crippen LogP contribution in [0, 0.1) is 0 Å². The Labute approximate surface area is 163 Å². The molecule has 0 saturated heterocycles. The number of nitrogens with one attached hydrogen (secondary N) is 3. The van der Waals surface area contributed by atoms with E-state index in [1.54, 1.807) is 24.3 Å². The summed E-state index contributed by atoms with van der Waals surface area (Å²) in [6.07, 6.45) is -1.47. The van der Waals surface area contributed by atoms with Crippen molar-refractivity contribution >= 4 is 23.6 Å². The summed E-state index contributed by atoms with van der Waals surface area (Å²) in [4.78, 5) is 37.6. The number of amides is 2. The van der Waals surface area contributed by atoms with E-state index in [1.165, 1.54) is 26.2 Å². The fourth-order valence-electron chi connectivity index (χ4n) is 2.20. The number of anilines is 1. The van der Waals surface area contributed by atoms with Gasteiger partial charge in [-0.3, -0.25) is 14.4 Å². The van der Waals surface area contributed by atoms with Gasteiger partial charge < -0.3 is 20.4 Å². The number of H-pyrrole nitrogens is 1. The minimum atomic E-state index is -4.68. The maximum absolute atomic E-state index is 12.7. The summed E-state index contributed by atoms with van der Waals surface area (Å²) in [5.41, 5.74) is -1.87. The number of hydrogen-bond acceptors (Lipinski definition) is 4. The van der Waals surface area contributed by atoms with Crippen molar-refractivity contribution in [3.05, 3.63) is 64.1 Å². The van der Waals surface area contributed by atoms with Gasteiger partial charge in [0, 0.05) is 12.3 Å². The van der Waals surface area contributed by atoms with E-state index in [0.717, 1.165) is 0 Å². The molecule has 7 nitrogen and oxygen atoms in total. The van der Waals surface area contributed by atoms with Gasteiger partial charge in [0.25, 0.3) is 5.56 Å². The van der Waals surface area contributed by atoms with Crippen molar-refractivity contribution in [2.24, 2.45) is 0 Å². The van der Waals surface area contributed by atoms with Gasteiger partial charge in [-0.1, -0.05) is 12.1 Å². The highest BCUT2D eigenvalue weighted by molar-refractivity contribution is 5.99. The molecule has 2 rings (SSSR count). The van der Waals surface area contributed by atoms with Crippen LogP contribution in [0.15, 0.2) is 47.4 Å². The Morgan fingerprint density at radius 1 is 1.21 bits per heavy atom. The molecule has 0 bridgehead atoms. The van der Waals surface area contributed by atoms with E-state index in [1.807, 2.05) is 4.98 Å². The van der Waals surface area contributed by atoms with E-state index in [2.05, 4.69) is 10.6 Å². The maximum Gasteiger partial charge on any atom is 0.417 e. The number of alkyl halides is 3. The standard InChI is InChI=1S/C19H18F3N3O4/c1-11(24-16(26)8-5-12-3-6-14(29-2)7-4-12)17(27)25-15-9-13(19(20,21)22)10-23-18(15)28/h3-11H,1-2H3,(H,23,28)(H,24,26)(H,25,27)/b8-5+. The Morgan fingerprint density at radius 3 is 2.45 bits per heavy atom. The molecule has 0 aliphatic carbocycles. The molecule has 2 amide bonds. The smallest absolute Gasteiger partial charge is 0.417 e. The highest BCUT2D eigenvalue weighted by Crippen LogP contribution is 2.29. The zero-order valence-corrected chi connectivity index (χ0v) is 15.5. The monoisotopic (exact) mass is 409 g/mol. The van der Waals surface area contributed by atoms with Crippen molar-refractivity contribution in [3.63, 3.8) is 0 Å². The third kappa shape index (κ3) is 6.23. The van der Waals surface area contributed by atoms with Crippen LogP contribution < -0.4 is 20.9 Å². The highest BCUT2D eigenvalue weighted by Gasteiger charge is 2.31. The molecule has 0 spiro atoms. The van der Waals surface area contributed by atoms with Crippen LogP contribution in [0.4, 0.5) is 18.9 Å². The van der Waals surface area contributed by atoms with Crippen molar-refractivity contribution in [1.29, 1.82) is 0 Å². The van der Waals surface area contributed by atoms with Crippen molar-refractivity contribution in [3.8, 4) is 5.75 Å². The average Bonchev–Trinajstić information content (AvgIpc) is 2.67. The van der Waals surface area contributed by atoms with Crippen LogP contribution in [0.1, 0.15) is 18.1 Å². The van der Waals surface area contributed by atoms with Crippen LogP contribution in [0.3, 0.4) is 0 Å². The largest absolute Gasteiger partial charge is 0.497 e. The quantitative estimate of drug-likeness (QED) is 0.639. The fraction of sp³-hybridized carbons (Fsp3) is 0.211. The Balaban J connectivity index is 1.98. The van der Waals surface area contributed by atoms with Gasteiger partial charge in [0.1, 0.15) is 17.5 Å². The molecule has 0 radical (unpaired) electrons. The molecule has 10 heteroatoms. The highest BCUT2D eigenvalue weighted by atomic mass is 19.4. The molecule has 1 unspecified atom stereocenters. The lowest BCUT2D eigenvalue weighted by molar-refractivity contribution is -0.137. The van der Waals surface area contributed by atoms with Crippen molar-refractivity contribution in [1.82, 2.24) is 10.3 Å². The number of carbonyl (C=O) groups excluding carboxylic acids is 2. The number of hydrogen-bond donors (Lipinski definition) is 3.